The fourth-order valence-corrected chi connectivity index (χ4v) is 4.47. The van der Waals surface area contributed by atoms with E-state index in [4.69, 9.17) is 31.9 Å². The van der Waals surface area contributed by atoms with Gasteiger partial charge in [0, 0.05) is 79.4 Å². The molecule has 14 heteroatoms. The van der Waals surface area contributed by atoms with Crippen LogP contribution in [0.1, 0.15) is 75.3 Å². The predicted molar refractivity (Wildman–Crippen MR) is 140 cm³/mol. The Morgan fingerprint density at radius 1 is 0.625 bits per heavy atom. The van der Waals surface area contributed by atoms with E-state index in [-0.39, 0.29) is 42.1 Å². The van der Waals surface area contributed by atoms with E-state index in [1.165, 1.54) is 49.7 Å². The summed E-state index contributed by atoms with van der Waals surface area (Å²) in [6.45, 7) is 1.82. The van der Waals surface area contributed by atoms with Crippen molar-refractivity contribution >= 4 is 23.9 Å². The third kappa shape index (κ3) is 18.6. The fourth-order valence-electron chi connectivity index (χ4n) is 4.47. The van der Waals surface area contributed by atoms with Crippen molar-refractivity contribution in [2.45, 2.75) is 101 Å². The van der Waals surface area contributed by atoms with Crippen molar-refractivity contribution in [2.24, 2.45) is 11.5 Å². The van der Waals surface area contributed by atoms with Crippen LogP contribution in [0.25, 0.3) is 0 Å². The topological polar surface area (TPSA) is 225 Å². The van der Waals surface area contributed by atoms with Crippen LogP contribution in [0.3, 0.4) is 0 Å². The Morgan fingerprint density at radius 2 is 0.925 bits per heavy atom. The summed E-state index contributed by atoms with van der Waals surface area (Å²) in [6.07, 6.45) is 8.27. The van der Waals surface area contributed by atoms with Gasteiger partial charge in [0.25, 0.3) is 0 Å². The standard InChI is InChI=1S/C20H34N4.2C3H4O4.2Pt/c21-17-9-3-5-11-19(17)23-13-15-7-1-2-8-16(15)14-24-20-12-6-4-10-18(20)22;2*4-2(5)1-3(6)7;;/h1-2,7-8,17-20,23-24H,3-6,9-14,21-22H2;2*1H2,(H,4,5)(H,6,7);;/t17-,18-,19-,20-;;;;/m1..../s1. The number of carboxylic acids is 4. The maximum absolute atomic E-state index is 9.43. The molecule has 2 saturated carbocycles. The van der Waals surface area contributed by atoms with E-state index < -0.39 is 36.7 Å². The first-order chi connectivity index (χ1) is 18.0. The van der Waals surface area contributed by atoms with Gasteiger partial charge in [-0.3, -0.25) is 19.2 Å². The number of benzene rings is 1. The number of carbonyl (C=O) groups is 4. The molecule has 1 aromatic carbocycles. The van der Waals surface area contributed by atoms with Crippen LogP contribution >= 0.6 is 0 Å². The summed E-state index contributed by atoms with van der Waals surface area (Å²) in [5.74, 6) is -5.25. The molecule has 2 aliphatic rings. The van der Waals surface area contributed by atoms with Crippen LogP contribution in [-0.2, 0) is 74.4 Å². The predicted octanol–water partition coefficient (Wildman–Crippen LogP) is 1.49. The molecule has 1 aromatic rings. The quantitative estimate of drug-likeness (QED) is 0.157. The van der Waals surface area contributed by atoms with E-state index in [9.17, 15) is 19.2 Å². The molecule has 0 saturated heterocycles. The van der Waals surface area contributed by atoms with Crippen molar-refractivity contribution in [3.8, 4) is 0 Å². The first-order valence-electron chi connectivity index (χ1n) is 12.9. The van der Waals surface area contributed by atoms with Gasteiger partial charge in [0.2, 0.25) is 0 Å². The van der Waals surface area contributed by atoms with Gasteiger partial charge in [-0.2, -0.15) is 0 Å². The van der Waals surface area contributed by atoms with Crippen molar-refractivity contribution < 1.29 is 81.7 Å². The smallest absolute Gasteiger partial charge is 0.314 e. The summed E-state index contributed by atoms with van der Waals surface area (Å²) in [6, 6.07) is 10.3. The van der Waals surface area contributed by atoms with Gasteiger partial charge in [-0.05, 0) is 36.8 Å². The van der Waals surface area contributed by atoms with Crippen LogP contribution in [0.2, 0.25) is 0 Å². The SMILES string of the molecule is N[C@@H]1CCCC[C@H]1NCc1ccccc1CN[C@@H]1CCCC[C@H]1N.O=C(O)CC(=O)O.O=C(O)CC(=O)O.[Pt].[Pt]. The average molecular weight is 929 g/mol. The molecule has 12 nitrogen and oxygen atoms in total. The third-order valence-electron chi connectivity index (χ3n) is 6.47. The molecule has 0 spiro atoms. The molecule has 2 fully saturated rings. The zero-order valence-electron chi connectivity index (χ0n) is 22.3. The minimum atomic E-state index is -1.31. The number of carboxylic acid groups (broad SMARTS) is 4. The molecule has 0 aliphatic heterocycles. The Hall–Kier alpha value is -1.68. The zero-order chi connectivity index (χ0) is 28.5. The summed E-state index contributed by atoms with van der Waals surface area (Å²) < 4.78 is 0. The maximum atomic E-state index is 9.43. The summed E-state index contributed by atoms with van der Waals surface area (Å²) in [7, 11) is 0. The van der Waals surface area contributed by atoms with Crippen molar-refractivity contribution in [3.63, 3.8) is 0 Å². The second kappa shape index (κ2) is 22.9. The molecule has 234 valence electrons. The Bertz CT molecular complexity index is 814. The molecule has 2 aliphatic carbocycles. The number of hydrogen-bond donors (Lipinski definition) is 8. The van der Waals surface area contributed by atoms with Gasteiger partial charge in [-0.25, -0.2) is 0 Å². The monoisotopic (exact) mass is 928 g/mol. The van der Waals surface area contributed by atoms with Crippen molar-refractivity contribution in [2.75, 3.05) is 0 Å². The number of aliphatic carboxylic acids is 4. The Morgan fingerprint density at radius 3 is 1.18 bits per heavy atom. The molecule has 40 heavy (non-hydrogen) atoms. The first kappa shape index (κ1) is 40.5. The van der Waals surface area contributed by atoms with E-state index in [2.05, 4.69) is 34.9 Å². The maximum Gasteiger partial charge on any atom is 0.314 e. The number of rotatable bonds is 10. The van der Waals surface area contributed by atoms with E-state index in [1.807, 2.05) is 0 Å². The average Bonchev–Trinajstić information content (AvgIpc) is 2.83. The van der Waals surface area contributed by atoms with Crippen LogP contribution in [-0.4, -0.2) is 68.5 Å². The van der Waals surface area contributed by atoms with Crippen LogP contribution in [0, 0.1) is 0 Å². The van der Waals surface area contributed by atoms with E-state index in [0.717, 1.165) is 25.9 Å². The largest absolute Gasteiger partial charge is 0.481 e. The molecule has 0 aromatic heterocycles. The minimum absolute atomic E-state index is 0. The van der Waals surface area contributed by atoms with Gasteiger partial charge >= 0.3 is 23.9 Å². The second-order valence-electron chi connectivity index (χ2n) is 9.57. The summed E-state index contributed by atoms with van der Waals surface area (Å²) in [5, 5.41) is 38.2. The first-order valence-corrected chi connectivity index (χ1v) is 12.9. The van der Waals surface area contributed by atoms with Crippen LogP contribution in [0.15, 0.2) is 24.3 Å². The molecular formula is C26H42N4O8Pt2. The van der Waals surface area contributed by atoms with Crippen molar-refractivity contribution in [1.82, 2.24) is 10.6 Å². The van der Waals surface area contributed by atoms with Crippen LogP contribution in [0.4, 0.5) is 0 Å². The molecule has 0 amide bonds. The van der Waals surface area contributed by atoms with E-state index in [1.54, 1.807) is 0 Å². The molecule has 4 atom stereocenters. The van der Waals surface area contributed by atoms with E-state index >= 15 is 0 Å². The van der Waals surface area contributed by atoms with Gasteiger partial charge < -0.3 is 42.5 Å². The normalized spacial score (nSPS) is 21.4. The molecular weight excluding hydrogens is 886 g/mol. The summed E-state index contributed by atoms with van der Waals surface area (Å²) in [5.41, 5.74) is 15.3. The number of hydrogen-bond acceptors (Lipinski definition) is 8. The molecule has 0 radical (unpaired) electrons. The van der Waals surface area contributed by atoms with Crippen molar-refractivity contribution in [3.05, 3.63) is 35.4 Å². The molecule has 0 unspecified atom stereocenters. The van der Waals surface area contributed by atoms with Crippen LogP contribution in [0.5, 0.6) is 0 Å². The Labute approximate surface area is 263 Å². The molecule has 10 N–H and O–H groups in total. The van der Waals surface area contributed by atoms with E-state index in [0.29, 0.717) is 24.2 Å². The number of nitrogens with one attached hydrogen (secondary N) is 2. The fraction of sp³-hybridized carbons (Fsp3) is 0.615. The summed E-state index contributed by atoms with van der Waals surface area (Å²) >= 11 is 0. The third-order valence-corrected chi connectivity index (χ3v) is 6.47. The van der Waals surface area contributed by atoms with Gasteiger partial charge in [0.15, 0.2) is 0 Å². The number of nitrogens with two attached hydrogens (primary N) is 2. The molecule has 0 heterocycles. The van der Waals surface area contributed by atoms with Gasteiger partial charge in [0.05, 0.1) is 0 Å². The van der Waals surface area contributed by atoms with Gasteiger partial charge in [-0.1, -0.05) is 49.9 Å². The Kier molecular flexibility index (Phi) is 23.2. The Balaban J connectivity index is 0. The second-order valence-corrected chi connectivity index (χ2v) is 9.57. The van der Waals surface area contributed by atoms with Crippen LogP contribution < -0.4 is 22.1 Å². The molecule has 3 rings (SSSR count). The van der Waals surface area contributed by atoms with Gasteiger partial charge in [0.1, 0.15) is 12.8 Å². The summed E-state index contributed by atoms with van der Waals surface area (Å²) in [4.78, 5) is 37.7. The zero-order valence-corrected chi connectivity index (χ0v) is 26.9. The van der Waals surface area contributed by atoms with Crippen molar-refractivity contribution in [1.29, 1.82) is 0 Å². The molecule has 0 bridgehead atoms. The van der Waals surface area contributed by atoms with Gasteiger partial charge in [-0.15, -0.1) is 0 Å². The minimum Gasteiger partial charge on any atom is -0.481 e.